The fourth-order valence-electron chi connectivity index (χ4n) is 8.14. The molecular weight excluding hydrogens is 689 g/mol. The largest absolute Gasteiger partial charge is 0.456 e. The fourth-order valence-corrected chi connectivity index (χ4v) is 9.27. The second-order valence-corrected chi connectivity index (χ2v) is 15.1. The number of para-hydroxylation sites is 1. The van der Waals surface area contributed by atoms with Gasteiger partial charge >= 0.3 is 0 Å². The van der Waals surface area contributed by atoms with E-state index in [-0.39, 0.29) is 0 Å². The highest BCUT2D eigenvalue weighted by Gasteiger charge is 2.24. The van der Waals surface area contributed by atoms with E-state index in [1.165, 1.54) is 42.1 Å². The van der Waals surface area contributed by atoms with Gasteiger partial charge < -0.3 is 4.42 Å². The molecule has 8 aromatic carbocycles. The van der Waals surface area contributed by atoms with Crippen molar-refractivity contribution in [1.29, 1.82) is 0 Å². The molecule has 3 nitrogen and oxygen atoms in total. The summed E-state index contributed by atoms with van der Waals surface area (Å²) < 4.78 is 9.05. The van der Waals surface area contributed by atoms with Crippen molar-refractivity contribution in [2.24, 2.45) is 9.98 Å². The van der Waals surface area contributed by atoms with Crippen LogP contribution in [0.1, 0.15) is 23.1 Å². The molecule has 3 heterocycles. The number of benzene rings is 8. The van der Waals surface area contributed by atoms with Crippen molar-refractivity contribution in [3.63, 3.8) is 0 Å². The Morgan fingerprint density at radius 1 is 0.455 bits per heavy atom. The molecule has 0 fully saturated rings. The molecule has 11 rings (SSSR count). The summed E-state index contributed by atoms with van der Waals surface area (Å²) in [6.07, 6.45) is 2.90. The van der Waals surface area contributed by atoms with E-state index >= 15 is 0 Å². The van der Waals surface area contributed by atoms with Crippen molar-refractivity contribution in [2.45, 2.75) is 6.42 Å². The third-order valence-corrected chi connectivity index (χ3v) is 11.9. The number of hydrogen-bond acceptors (Lipinski definition) is 4. The Hall–Kier alpha value is -6.88. The quantitative estimate of drug-likeness (QED) is 0.174. The van der Waals surface area contributed by atoms with Gasteiger partial charge in [0.15, 0.2) is 5.84 Å². The molecule has 0 amide bonds. The minimum Gasteiger partial charge on any atom is -0.456 e. The maximum Gasteiger partial charge on any atom is 0.161 e. The molecule has 0 N–H and O–H groups in total. The van der Waals surface area contributed by atoms with Gasteiger partial charge in [-0.25, -0.2) is 9.98 Å². The van der Waals surface area contributed by atoms with E-state index in [1.807, 2.05) is 23.5 Å². The van der Waals surface area contributed by atoms with Crippen molar-refractivity contribution in [3.8, 4) is 22.3 Å². The molecule has 0 bridgehead atoms. The molecule has 0 atom stereocenters. The number of rotatable bonds is 5. The van der Waals surface area contributed by atoms with Crippen molar-refractivity contribution >= 4 is 81.5 Å². The SMILES string of the molecule is C1=C(c2cccc3sc4ccccc4c23)N=C(c2c(-c3ccc(-c4ccccc4)cc3)ccc3oc4ccccc4c23)N=C(c2ccc3ccccc3c2)C1. The third-order valence-electron chi connectivity index (χ3n) is 10.8. The minimum atomic E-state index is 0.627. The van der Waals surface area contributed by atoms with Crippen LogP contribution in [0, 0.1) is 0 Å². The summed E-state index contributed by atoms with van der Waals surface area (Å²) in [6.45, 7) is 0. The van der Waals surface area contributed by atoms with Gasteiger partial charge in [-0.05, 0) is 75.0 Å². The summed E-state index contributed by atoms with van der Waals surface area (Å²) in [5, 5.41) is 6.93. The first-order chi connectivity index (χ1) is 27.2. The number of aliphatic imine (C=N–C) groups is 2. The van der Waals surface area contributed by atoms with Gasteiger partial charge in [0.2, 0.25) is 0 Å². The van der Waals surface area contributed by atoms with Crippen LogP contribution >= 0.6 is 11.3 Å². The Bertz CT molecular complexity index is 3220. The van der Waals surface area contributed by atoms with Crippen LogP contribution < -0.4 is 0 Å². The molecule has 0 saturated carbocycles. The van der Waals surface area contributed by atoms with Gasteiger partial charge in [-0.2, -0.15) is 0 Å². The molecule has 2 aromatic heterocycles. The van der Waals surface area contributed by atoms with Gasteiger partial charge in [-0.15, -0.1) is 11.3 Å². The molecule has 1 aliphatic rings. The van der Waals surface area contributed by atoms with Crippen LogP contribution in [0.5, 0.6) is 0 Å². The normalized spacial score (nSPS) is 13.3. The highest BCUT2D eigenvalue weighted by Crippen LogP contribution is 2.42. The molecule has 4 heteroatoms. The first kappa shape index (κ1) is 31.6. The Balaban J connectivity index is 1.19. The number of amidine groups is 1. The molecule has 258 valence electrons. The van der Waals surface area contributed by atoms with Crippen molar-refractivity contribution in [2.75, 3.05) is 0 Å². The molecule has 0 aliphatic carbocycles. The van der Waals surface area contributed by atoms with Crippen molar-refractivity contribution < 1.29 is 4.42 Å². The molecular formula is C51H32N2OS. The van der Waals surface area contributed by atoms with Crippen molar-refractivity contribution in [3.05, 3.63) is 199 Å². The maximum absolute atomic E-state index is 6.53. The summed E-state index contributed by atoms with van der Waals surface area (Å²) in [7, 11) is 0. The smallest absolute Gasteiger partial charge is 0.161 e. The van der Waals surface area contributed by atoms with Crippen LogP contribution in [-0.2, 0) is 0 Å². The molecule has 0 unspecified atom stereocenters. The average molecular weight is 721 g/mol. The number of fused-ring (bicyclic) bond motifs is 7. The van der Waals surface area contributed by atoms with E-state index in [2.05, 4.69) is 170 Å². The van der Waals surface area contributed by atoms with E-state index in [0.717, 1.165) is 61.2 Å². The van der Waals surface area contributed by atoms with Crippen molar-refractivity contribution in [1.82, 2.24) is 0 Å². The van der Waals surface area contributed by atoms with Gasteiger partial charge in [-0.1, -0.05) is 146 Å². The lowest BCUT2D eigenvalue weighted by molar-refractivity contribution is 0.669. The van der Waals surface area contributed by atoms with E-state index in [0.29, 0.717) is 12.3 Å². The third kappa shape index (κ3) is 5.41. The standard InChI is InChI=1S/C51H32N2OS/c1-2-11-32(12-3-1)34-21-24-35(25-22-34)38-27-30-45-49(40-15-6-8-18-44(40)54-45)50(38)51-52-42(37-26-23-33-13-4-5-14-36(33)31-37)28-29-43(53-51)39-17-10-20-47-48(39)41-16-7-9-19-46(41)55-47/h1-27,29-31H,28H2. The number of nitrogens with zero attached hydrogens (tertiary/aromatic N) is 2. The lowest BCUT2D eigenvalue weighted by Crippen LogP contribution is -2.07. The number of furan rings is 1. The molecule has 0 saturated heterocycles. The van der Waals surface area contributed by atoms with Gasteiger partial charge in [0.1, 0.15) is 11.2 Å². The van der Waals surface area contributed by atoms with Crippen LogP contribution in [0.2, 0.25) is 0 Å². The predicted octanol–water partition coefficient (Wildman–Crippen LogP) is 14.1. The van der Waals surface area contributed by atoms with Gasteiger partial charge in [0.25, 0.3) is 0 Å². The van der Waals surface area contributed by atoms with Crippen LogP contribution in [0.4, 0.5) is 0 Å². The van der Waals surface area contributed by atoms with Crippen LogP contribution in [0.3, 0.4) is 0 Å². The summed E-state index contributed by atoms with van der Waals surface area (Å²) in [5.74, 6) is 0.669. The van der Waals surface area contributed by atoms with E-state index < -0.39 is 0 Å². The molecule has 10 aromatic rings. The Morgan fingerprint density at radius 2 is 1.16 bits per heavy atom. The first-order valence-electron chi connectivity index (χ1n) is 18.6. The molecule has 0 spiro atoms. The highest BCUT2D eigenvalue weighted by atomic mass is 32.1. The van der Waals surface area contributed by atoms with Gasteiger partial charge in [-0.3, -0.25) is 0 Å². The summed E-state index contributed by atoms with van der Waals surface area (Å²) in [5.41, 5.74) is 11.2. The molecule has 0 radical (unpaired) electrons. The lowest BCUT2D eigenvalue weighted by Gasteiger charge is -2.14. The zero-order valence-electron chi connectivity index (χ0n) is 29.7. The summed E-state index contributed by atoms with van der Waals surface area (Å²) in [4.78, 5) is 11.2. The second kappa shape index (κ2) is 12.9. The fraction of sp³-hybridized carbons (Fsp3) is 0.0196. The van der Waals surface area contributed by atoms with Gasteiger partial charge in [0, 0.05) is 48.5 Å². The molecule has 55 heavy (non-hydrogen) atoms. The Kier molecular flexibility index (Phi) is 7.42. The Morgan fingerprint density at radius 3 is 2.05 bits per heavy atom. The Labute approximate surface area is 321 Å². The predicted molar refractivity (Wildman–Crippen MR) is 234 cm³/mol. The van der Waals surface area contributed by atoms with Crippen LogP contribution in [0.25, 0.3) is 80.8 Å². The number of hydrogen-bond donors (Lipinski definition) is 0. The first-order valence-corrected chi connectivity index (χ1v) is 19.4. The second-order valence-electron chi connectivity index (χ2n) is 14.0. The number of thiophene rings is 1. The zero-order chi connectivity index (χ0) is 36.3. The monoisotopic (exact) mass is 720 g/mol. The zero-order valence-corrected chi connectivity index (χ0v) is 30.6. The highest BCUT2D eigenvalue weighted by molar-refractivity contribution is 7.25. The average Bonchev–Trinajstić information content (AvgIpc) is 3.74. The van der Waals surface area contributed by atoms with E-state index in [4.69, 9.17) is 14.4 Å². The maximum atomic E-state index is 6.53. The van der Waals surface area contributed by atoms with E-state index in [1.54, 1.807) is 0 Å². The van der Waals surface area contributed by atoms with Crippen LogP contribution in [-0.4, -0.2) is 11.5 Å². The van der Waals surface area contributed by atoms with Crippen LogP contribution in [0.15, 0.2) is 196 Å². The lowest BCUT2D eigenvalue weighted by atomic mass is 9.93. The summed E-state index contributed by atoms with van der Waals surface area (Å²) >= 11 is 1.83. The summed E-state index contributed by atoms with van der Waals surface area (Å²) in [6, 6.07) is 62.4. The molecule has 1 aliphatic heterocycles. The topological polar surface area (TPSA) is 37.9 Å². The minimum absolute atomic E-state index is 0.627. The number of allylic oxidation sites excluding steroid dienone is 1. The van der Waals surface area contributed by atoms with E-state index in [9.17, 15) is 0 Å². The van der Waals surface area contributed by atoms with Gasteiger partial charge in [0.05, 0.1) is 11.4 Å².